The lowest BCUT2D eigenvalue weighted by Gasteiger charge is -2.34. The first-order chi connectivity index (χ1) is 9.09. The third kappa shape index (κ3) is 3.36. The number of piperazine rings is 1. The average molecular weight is 302 g/mol. The fraction of sp³-hybridized carbons (Fsp3) is 0.417. The standard InChI is InChI=1S/C12H13Cl2N3O2/c13-10(14)12(19)17-7-5-16(6-8-17)11(18)9-3-1-2-4-15-9/h1-4,10H,5-8H2. The van der Waals surface area contributed by atoms with Crippen molar-refractivity contribution in [2.45, 2.75) is 4.84 Å². The summed E-state index contributed by atoms with van der Waals surface area (Å²) in [5.74, 6) is -0.436. The molecular formula is C12H13Cl2N3O2. The van der Waals surface area contributed by atoms with Crippen LogP contribution >= 0.6 is 23.2 Å². The number of pyridine rings is 1. The van der Waals surface area contributed by atoms with Crippen LogP contribution in [0.25, 0.3) is 0 Å². The minimum atomic E-state index is -1.04. The molecule has 1 aliphatic rings. The highest BCUT2D eigenvalue weighted by Crippen LogP contribution is 2.11. The maximum atomic E-state index is 12.1. The Morgan fingerprint density at radius 2 is 1.74 bits per heavy atom. The first kappa shape index (κ1) is 14.1. The molecule has 5 nitrogen and oxygen atoms in total. The van der Waals surface area contributed by atoms with Gasteiger partial charge in [0.25, 0.3) is 11.8 Å². The van der Waals surface area contributed by atoms with E-state index in [1.54, 1.807) is 34.2 Å². The Morgan fingerprint density at radius 3 is 2.26 bits per heavy atom. The van der Waals surface area contributed by atoms with E-state index in [9.17, 15) is 9.59 Å². The lowest BCUT2D eigenvalue weighted by atomic mass is 10.2. The molecule has 2 heterocycles. The maximum Gasteiger partial charge on any atom is 0.272 e. The number of halogens is 2. The highest BCUT2D eigenvalue weighted by molar-refractivity contribution is 6.53. The lowest BCUT2D eigenvalue weighted by Crippen LogP contribution is -2.51. The van der Waals surface area contributed by atoms with Gasteiger partial charge in [-0.3, -0.25) is 14.6 Å². The zero-order chi connectivity index (χ0) is 13.8. The van der Waals surface area contributed by atoms with Gasteiger partial charge < -0.3 is 9.80 Å². The molecule has 2 rings (SSSR count). The summed E-state index contributed by atoms with van der Waals surface area (Å²) in [5.41, 5.74) is 0.412. The van der Waals surface area contributed by atoms with Crippen molar-refractivity contribution < 1.29 is 9.59 Å². The smallest absolute Gasteiger partial charge is 0.272 e. The minimum Gasteiger partial charge on any atom is -0.337 e. The van der Waals surface area contributed by atoms with Crippen LogP contribution in [-0.4, -0.2) is 57.6 Å². The van der Waals surface area contributed by atoms with Crippen LogP contribution in [-0.2, 0) is 4.79 Å². The van der Waals surface area contributed by atoms with Crippen LogP contribution in [0.5, 0.6) is 0 Å². The molecule has 7 heteroatoms. The molecule has 0 saturated carbocycles. The normalized spacial score (nSPS) is 15.7. The van der Waals surface area contributed by atoms with E-state index in [-0.39, 0.29) is 11.8 Å². The largest absolute Gasteiger partial charge is 0.337 e. The summed E-state index contributed by atoms with van der Waals surface area (Å²) in [7, 11) is 0. The topological polar surface area (TPSA) is 53.5 Å². The molecule has 1 saturated heterocycles. The molecule has 102 valence electrons. The summed E-state index contributed by atoms with van der Waals surface area (Å²) in [6.45, 7) is 1.80. The second kappa shape index (κ2) is 6.21. The van der Waals surface area contributed by atoms with Crippen molar-refractivity contribution >= 4 is 35.0 Å². The summed E-state index contributed by atoms with van der Waals surface area (Å²) in [5, 5.41) is 0. The fourth-order valence-electron chi connectivity index (χ4n) is 1.92. The van der Waals surface area contributed by atoms with Crippen LogP contribution in [0.15, 0.2) is 24.4 Å². The van der Waals surface area contributed by atoms with Gasteiger partial charge in [-0.25, -0.2) is 0 Å². The molecule has 1 fully saturated rings. The molecule has 0 aliphatic carbocycles. The Hall–Kier alpha value is -1.33. The maximum absolute atomic E-state index is 12.1. The Kier molecular flexibility index (Phi) is 4.61. The van der Waals surface area contributed by atoms with Crippen LogP contribution in [0, 0.1) is 0 Å². The molecule has 1 aromatic rings. The molecule has 0 N–H and O–H groups in total. The third-order valence-corrected chi connectivity index (χ3v) is 3.32. The quantitative estimate of drug-likeness (QED) is 0.771. The van der Waals surface area contributed by atoms with Crippen molar-refractivity contribution in [1.29, 1.82) is 0 Å². The fourth-order valence-corrected chi connectivity index (χ4v) is 2.20. The number of hydrogen-bond donors (Lipinski definition) is 0. The molecular weight excluding hydrogens is 289 g/mol. The number of nitrogens with zero attached hydrogens (tertiary/aromatic N) is 3. The predicted molar refractivity (Wildman–Crippen MR) is 72.2 cm³/mol. The first-order valence-corrected chi connectivity index (χ1v) is 6.74. The second-order valence-corrected chi connectivity index (χ2v) is 5.23. The van der Waals surface area contributed by atoms with Crippen molar-refractivity contribution in [2.24, 2.45) is 0 Å². The molecule has 0 unspecified atom stereocenters. The average Bonchev–Trinajstić information content (AvgIpc) is 2.46. The van der Waals surface area contributed by atoms with Gasteiger partial charge >= 0.3 is 0 Å². The number of aromatic nitrogens is 1. The van der Waals surface area contributed by atoms with Gasteiger partial charge in [-0.2, -0.15) is 0 Å². The highest BCUT2D eigenvalue weighted by Gasteiger charge is 2.27. The van der Waals surface area contributed by atoms with Crippen LogP contribution < -0.4 is 0 Å². The zero-order valence-corrected chi connectivity index (χ0v) is 11.6. The van der Waals surface area contributed by atoms with E-state index in [2.05, 4.69) is 4.98 Å². The van der Waals surface area contributed by atoms with Gasteiger partial charge in [-0.1, -0.05) is 29.3 Å². The van der Waals surface area contributed by atoms with E-state index in [1.165, 1.54) is 0 Å². The van der Waals surface area contributed by atoms with Crippen molar-refractivity contribution in [3.05, 3.63) is 30.1 Å². The van der Waals surface area contributed by atoms with Gasteiger partial charge in [0, 0.05) is 32.4 Å². The molecule has 1 aromatic heterocycles. The monoisotopic (exact) mass is 301 g/mol. The van der Waals surface area contributed by atoms with Gasteiger partial charge in [-0.05, 0) is 12.1 Å². The zero-order valence-electron chi connectivity index (χ0n) is 10.1. The summed E-state index contributed by atoms with van der Waals surface area (Å²) in [6.07, 6.45) is 1.58. The molecule has 0 aromatic carbocycles. The van der Waals surface area contributed by atoms with Gasteiger partial charge in [0.15, 0.2) is 4.84 Å². The van der Waals surface area contributed by atoms with E-state index in [1.807, 2.05) is 0 Å². The van der Waals surface area contributed by atoms with Crippen molar-refractivity contribution in [3.63, 3.8) is 0 Å². The van der Waals surface area contributed by atoms with E-state index >= 15 is 0 Å². The summed E-state index contributed by atoms with van der Waals surface area (Å²) >= 11 is 11.1. The second-order valence-electron chi connectivity index (χ2n) is 4.13. The van der Waals surface area contributed by atoms with E-state index in [0.29, 0.717) is 31.9 Å². The van der Waals surface area contributed by atoms with E-state index in [4.69, 9.17) is 23.2 Å². The molecule has 1 aliphatic heterocycles. The van der Waals surface area contributed by atoms with E-state index in [0.717, 1.165) is 0 Å². The van der Waals surface area contributed by atoms with Gasteiger partial charge in [0.2, 0.25) is 0 Å². The Bertz CT molecular complexity index is 459. The van der Waals surface area contributed by atoms with Gasteiger partial charge in [0.05, 0.1) is 0 Å². The van der Waals surface area contributed by atoms with Crippen molar-refractivity contribution in [1.82, 2.24) is 14.8 Å². The minimum absolute atomic E-state index is 0.124. The highest BCUT2D eigenvalue weighted by atomic mass is 35.5. The Morgan fingerprint density at radius 1 is 1.11 bits per heavy atom. The summed E-state index contributed by atoms with van der Waals surface area (Å²) in [4.78, 5) is 29.9. The van der Waals surface area contributed by atoms with Crippen LogP contribution in [0.3, 0.4) is 0 Å². The van der Waals surface area contributed by atoms with Crippen LogP contribution in [0.4, 0.5) is 0 Å². The number of rotatable bonds is 2. The lowest BCUT2D eigenvalue weighted by molar-refractivity contribution is -0.130. The van der Waals surface area contributed by atoms with Gasteiger partial charge in [-0.15, -0.1) is 0 Å². The number of alkyl halides is 2. The van der Waals surface area contributed by atoms with Gasteiger partial charge in [0.1, 0.15) is 5.69 Å². The number of carbonyl (C=O) groups excluding carboxylic acids is 2. The molecule has 0 atom stereocenters. The SMILES string of the molecule is O=C(c1ccccn1)N1CCN(C(=O)C(Cl)Cl)CC1. The van der Waals surface area contributed by atoms with E-state index < -0.39 is 4.84 Å². The van der Waals surface area contributed by atoms with Crippen molar-refractivity contribution in [3.8, 4) is 0 Å². The Labute approximate surface area is 121 Å². The molecule has 19 heavy (non-hydrogen) atoms. The van der Waals surface area contributed by atoms with Crippen LogP contribution in [0.1, 0.15) is 10.5 Å². The molecule has 0 bridgehead atoms. The summed E-state index contributed by atoms with van der Waals surface area (Å²) < 4.78 is 0. The first-order valence-electron chi connectivity index (χ1n) is 5.87. The number of amides is 2. The predicted octanol–water partition coefficient (Wildman–Crippen LogP) is 1.17. The molecule has 2 amide bonds. The third-order valence-electron chi connectivity index (χ3n) is 2.95. The summed E-state index contributed by atoms with van der Waals surface area (Å²) in [6, 6.07) is 5.20. The number of hydrogen-bond acceptors (Lipinski definition) is 3. The molecule has 0 radical (unpaired) electrons. The molecule has 0 spiro atoms. The number of carbonyl (C=O) groups is 2. The van der Waals surface area contributed by atoms with Crippen molar-refractivity contribution in [2.75, 3.05) is 26.2 Å². The Balaban J connectivity index is 1.94. The van der Waals surface area contributed by atoms with Crippen LogP contribution in [0.2, 0.25) is 0 Å².